The van der Waals surface area contributed by atoms with Crippen molar-refractivity contribution in [2.45, 2.75) is 12.5 Å². The molecule has 0 bridgehead atoms. The van der Waals surface area contributed by atoms with Crippen LogP contribution in [0.25, 0.3) is 10.1 Å². The standard InChI is InChI=1S/C17H15ClFNS/c1-20-16(9-11-8-12(18)6-7-15(11)19)14-10-21-17-5-3-2-4-13(14)17/h2-8,10,16,20H,9H2,1H3. The first-order valence-corrected chi connectivity index (χ1v) is 8.02. The Hall–Kier alpha value is -1.42. The third-order valence-electron chi connectivity index (χ3n) is 3.67. The number of thiophene rings is 1. The molecule has 108 valence electrons. The second kappa shape index (κ2) is 6.14. The van der Waals surface area contributed by atoms with Crippen molar-refractivity contribution in [2.24, 2.45) is 0 Å². The fraction of sp³-hybridized carbons (Fsp3) is 0.176. The summed E-state index contributed by atoms with van der Waals surface area (Å²) in [7, 11) is 1.90. The lowest BCUT2D eigenvalue weighted by atomic mass is 9.98. The molecule has 1 N–H and O–H groups in total. The summed E-state index contributed by atoms with van der Waals surface area (Å²) in [4.78, 5) is 0. The predicted molar refractivity (Wildman–Crippen MR) is 88.7 cm³/mol. The molecule has 3 aromatic rings. The summed E-state index contributed by atoms with van der Waals surface area (Å²) in [5, 5.41) is 7.23. The van der Waals surface area contributed by atoms with E-state index in [9.17, 15) is 4.39 Å². The molecule has 0 amide bonds. The van der Waals surface area contributed by atoms with E-state index in [1.54, 1.807) is 23.5 Å². The van der Waals surface area contributed by atoms with Crippen molar-refractivity contribution in [3.8, 4) is 0 Å². The normalized spacial score (nSPS) is 12.7. The van der Waals surface area contributed by atoms with Crippen LogP contribution in [0.4, 0.5) is 4.39 Å². The van der Waals surface area contributed by atoms with Crippen LogP contribution in [0.15, 0.2) is 47.8 Å². The van der Waals surface area contributed by atoms with Gasteiger partial charge in [0.15, 0.2) is 0 Å². The molecule has 0 aliphatic rings. The average Bonchev–Trinajstić information content (AvgIpc) is 2.92. The Kier molecular flexibility index (Phi) is 4.24. The highest BCUT2D eigenvalue weighted by atomic mass is 35.5. The van der Waals surface area contributed by atoms with Gasteiger partial charge in [0, 0.05) is 15.8 Å². The highest BCUT2D eigenvalue weighted by Crippen LogP contribution is 2.32. The third-order valence-corrected chi connectivity index (χ3v) is 4.88. The predicted octanol–water partition coefficient (Wildman–Crippen LogP) is 5.20. The van der Waals surface area contributed by atoms with Gasteiger partial charge < -0.3 is 5.32 Å². The molecule has 0 aliphatic carbocycles. The number of rotatable bonds is 4. The van der Waals surface area contributed by atoms with Gasteiger partial charge in [0.05, 0.1) is 0 Å². The van der Waals surface area contributed by atoms with E-state index in [1.807, 2.05) is 19.2 Å². The molecule has 0 fully saturated rings. The molecule has 0 spiro atoms. The molecule has 0 radical (unpaired) electrons. The summed E-state index contributed by atoms with van der Waals surface area (Å²) in [6, 6.07) is 13.1. The fourth-order valence-corrected chi connectivity index (χ4v) is 3.77. The van der Waals surface area contributed by atoms with Crippen LogP contribution in [0.5, 0.6) is 0 Å². The molecule has 1 heterocycles. The van der Waals surface area contributed by atoms with E-state index in [1.165, 1.54) is 21.7 Å². The fourth-order valence-electron chi connectivity index (χ4n) is 2.56. The molecule has 1 atom stereocenters. The largest absolute Gasteiger partial charge is 0.313 e. The first kappa shape index (κ1) is 14.5. The summed E-state index contributed by atoms with van der Waals surface area (Å²) >= 11 is 7.69. The zero-order chi connectivity index (χ0) is 14.8. The number of benzene rings is 2. The summed E-state index contributed by atoms with van der Waals surface area (Å²) < 4.78 is 15.2. The van der Waals surface area contributed by atoms with Crippen LogP contribution >= 0.6 is 22.9 Å². The maximum Gasteiger partial charge on any atom is 0.126 e. The van der Waals surface area contributed by atoms with Gasteiger partial charge in [0.1, 0.15) is 5.82 Å². The van der Waals surface area contributed by atoms with E-state index < -0.39 is 0 Å². The number of halogens is 2. The van der Waals surface area contributed by atoms with E-state index in [4.69, 9.17) is 11.6 Å². The maximum absolute atomic E-state index is 13.9. The lowest BCUT2D eigenvalue weighted by molar-refractivity contribution is 0.557. The van der Waals surface area contributed by atoms with Gasteiger partial charge in [-0.25, -0.2) is 4.39 Å². The monoisotopic (exact) mass is 319 g/mol. The minimum absolute atomic E-state index is 0.0640. The second-order valence-corrected chi connectivity index (χ2v) is 6.32. The molecule has 3 rings (SSSR count). The van der Waals surface area contributed by atoms with Gasteiger partial charge in [-0.3, -0.25) is 0 Å². The van der Waals surface area contributed by atoms with Gasteiger partial charge in [-0.15, -0.1) is 11.3 Å². The van der Waals surface area contributed by atoms with Crippen LogP contribution < -0.4 is 5.32 Å². The highest BCUT2D eigenvalue weighted by Gasteiger charge is 2.16. The Labute approximate surface area is 132 Å². The lowest BCUT2D eigenvalue weighted by Gasteiger charge is -2.16. The summed E-state index contributed by atoms with van der Waals surface area (Å²) in [5.74, 6) is -0.209. The molecule has 1 unspecified atom stereocenters. The molecule has 0 saturated heterocycles. The molecule has 1 nitrogen and oxygen atoms in total. The van der Waals surface area contributed by atoms with Crippen LogP contribution in [0.2, 0.25) is 5.02 Å². The van der Waals surface area contributed by atoms with E-state index in [0.717, 1.165) is 0 Å². The van der Waals surface area contributed by atoms with Crippen LogP contribution in [-0.4, -0.2) is 7.05 Å². The topological polar surface area (TPSA) is 12.0 Å². The van der Waals surface area contributed by atoms with E-state index in [-0.39, 0.29) is 11.9 Å². The Balaban J connectivity index is 1.97. The van der Waals surface area contributed by atoms with Crippen molar-refractivity contribution < 1.29 is 4.39 Å². The van der Waals surface area contributed by atoms with Crippen molar-refractivity contribution in [1.82, 2.24) is 5.32 Å². The second-order valence-electron chi connectivity index (χ2n) is 4.97. The Bertz CT molecular complexity index is 768. The summed E-state index contributed by atoms with van der Waals surface area (Å²) in [5.41, 5.74) is 1.84. The van der Waals surface area contributed by atoms with Crippen LogP contribution in [0, 0.1) is 5.82 Å². The number of hydrogen-bond donors (Lipinski definition) is 1. The Morgan fingerprint density at radius 3 is 2.86 bits per heavy atom. The number of fused-ring (bicyclic) bond motifs is 1. The van der Waals surface area contributed by atoms with Gasteiger partial charge >= 0.3 is 0 Å². The molecule has 0 aliphatic heterocycles. The van der Waals surface area contributed by atoms with Gasteiger partial charge in [0.2, 0.25) is 0 Å². The average molecular weight is 320 g/mol. The van der Waals surface area contributed by atoms with Gasteiger partial charge in [-0.1, -0.05) is 29.8 Å². The maximum atomic E-state index is 13.9. The SMILES string of the molecule is CNC(Cc1cc(Cl)ccc1F)c1csc2ccccc12. The van der Waals surface area contributed by atoms with Crippen LogP contribution in [0.3, 0.4) is 0 Å². The highest BCUT2D eigenvalue weighted by molar-refractivity contribution is 7.17. The van der Waals surface area contributed by atoms with Gasteiger partial charge in [-0.05, 0) is 59.6 Å². The van der Waals surface area contributed by atoms with Crippen molar-refractivity contribution >= 4 is 33.0 Å². The van der Waals surface area contributed by atoms with E-state index in [2.05, 4.69) is 22.8 Å². The molecule has 0 saturated carbocycles. The van der Waals surface area contributed by atoms with Crippen LogP contribution in [-0.2, 0) is 6.42 Å². The molecule has 1 aromatic heterocycles. The molecule has 21 heavy (non-hydrogen) atoms. The zero-order valence-corrected chi connectivity index (χ0v) is 13.1. The van der Waals surface area contributed by atoms with E-state index in [0.29, 0.717) is 17.0 Å². The number of likely N-dealkylation sites (N-methyl/N-ethyl adjacent to an activating group) is 1. The first-order valence-electron chi connectivity index (χ1n) is 6.76. The zero-order valence-electron chi connectivity index (χ0n) is 11.6. The number of hydrogen-bond acceptors (Lipinski definition) is 2. The Morgan fingerprint density at radius 2 is 2.05 bits per heavy atom. The molecular formula is C17H15ClFNS. The van der Waals surface area contributed by atoms with Crippen LogP contribution in [0.1, 0.15) is 17.2 Å². The van der Waals surface area contributed by atoms with E-state index >= 15 is 0 Å². The first-order chi connectivity index (χ1) is 10.2. The van der Waals surface area contributed by atoms with Gasteiger partial charge in [-0.2, -0.15) is 0 Å². The third kappa shape index (κ3) is 2.95. The minimum atomic E-state index is -0.209. The van der Waals surface area contributed by atoms with Gasteiger partial charge in [0.25, 0.3) is 0 Å². The molecule has 2 aromatic carbocycles. The minimum Gasteiger partial charge on any atom is -0.313 e. The lowest BCUT2D eigenvalue weighted by Crippen LogP contribution is -2.19. The summed E-state index contributed by atoms with van der Waals surface area (Å²) in [6.45, 7) is 0. The molecule has 4 heteroatoms. The summed E-state index contributed by atoms with van der Waals surface area (Å²) in [6.07, 6.45) is 0.573. The number of nitrogens with one attached hydrogen (secondary N) is 1. The quantitative estimate of drug-likeness (QED) is 0.697. The Morgan fingerprint density at radius 1 is 1.24 bits per heavy atom. The van der Waals surface area contributed by atoms with Crippen molar-refractivity contribution in [3.63, 3.8) is 0 Å². The van der Waals surface area contributed by atoms with Crippen molar-refractivity contribution in [3.05, 3.63) is 69.8 Å². The van der Waals surface area contributed by atoms with Crippen molar-refractivity contribution in [1.29, 1.82) is 0 Å². The smallest absolute Gasteiger partial charge is 0.126 e. The van der Waals surface area contributed by atoms with Crippen molar-refractivity contribution in [2.75, 3.05) is 7.05 Å². The molecular weight excluding hydrogens is 305 g/mol.